The van der Waals surface area contributed by atoms with Crippen molar-refractivity contribution in [1.82, 2.24) is 10.6 Å². The van der Waals surface area contributed by atoms with E-state index in [-0.39, 0.29) is 12.1 Å². The average molecular weight is 278 g/mol. The molecule has 1 fully saturated rings. The van der Waals surface area contributed by atoms with E-state index in [0.717, 1.165) is 23.7 Å². The lowest BCUT2D eigenvalue weighted by Gasteiger charge is -2.17. The van der Waals surface area contributed by atoms with Crippen LogP contribution in [0, 0.1) is 0 Å². The van der Waals surface area contributed by atoms with Crippen LogP contribution in [-0.4, -0.2) is 52.7 Å². The SMILES string of the molecule is CSCC[C@@H](NC(=O)NC1CCSC1)C(=O)O. The van der Waals surface area contributed by atoms with Crippen molar-refractivity contribution >= 4 is 35.5 Å². The summed E-state index contributed by atoms with van der Waals surface area (Å²) in [6.07, 6.45) is 3.32. The number of nitrogens with one attached hydrogen (secondary N) is 2. The fraction of sp³-hybridized carbons (Fsp3) is 0.800. The minimum Gasteiger partial charge on any atom is -0.480 e. The van der Waals surface area contributed by atoms with Crippen LogP contribution >= 0.6 is 23.5 Å². The number of carboxylic acids is 1. The van der Waals surface area contributed by atoms with Crippen molar-refractivity contribution in [2.75, 3.05) is 23.5 Å². The first-order chi connectivity index (χ1) is 8.13. The third-order valence-electron chi connectivity index (χ3n) is 2.48. The van der Waals surface area contributed by atoms with E-state index in [1.165, 1.54) is 0 Å². The maximum atomic E-state index is 11.6. The highest BCUT2D eigenvalue weighted by molar-refractivity contribution is 7.99. The van der Waals surface area contributed by atoms with Gasteiger partial charge in [-0.05, 0) is 30.6 Å². The van der Waals surface area contributed by atoms with Crippen molar-refractivity contribution in [2.45, 2.75) is 24.9 Å². The Bertz CT molecular complexity index is 270. The summed E-state index contributed by atoms with van der Waals surface area (Å²) < 4.78 is 0. The van der Waals surface area contributed by atoms with Crippen molar-refractivity contribution in [3.05, 3.63) is 0 Å². The quantitative estimate of drug-likeness (QED) is 0.675. The highest BCUT2D eigenvalue weighted by Crippen LogP contribution is 2.16. The van der Waals surface area contributed by atoms with E-state index in [2.05, 4.69) is 10.6 Å². The Morgan fingerprint density at radius 1 is 1.59 bits per heavy atom. The molecule has 17 heavy (non-hydrogen) atoms. The Hall–Kier alpha value is -0.560. The number of carbonyl (C=O) groups excluding carboxylic acids is 1. The number of carboxylic acid groups (broad SMARTS) is 1. The van der Waals surface area contributed by atoms with Gasteiger partial charge in [0.25, 0.3) is 0 Å². The lowest BCUT2D eigenvalue weighted by atomic mass is 10.2. The molecular weight excluding hydrogens is 260 g/mol. The minimum atomic E-state index is -0.977. The van der Waals surface area contributed by atoms with E-state index < -0.39 is 12.0 Å². The first-order valence-electron chi connectivity index (χ1n) is 5.50. The third kappa shape index (κ3) is 5.54. The van der Waals surface area contributed by atoms with Crippen molar-refractivity contribution in [2.24, 2.45) is 0 Å². The Morgan fingerprint density at radius 3 is 2.88 bits per heavy atom. The summed E-state index contributed by atoms with van der Waals surface area (Å²) in [5.41, 5.74) is 0. The average Bonchev–Trinajstić information content (AvgIpc) is 2.76. The van der Waals surface area contributed by atoms with E-state index in [4.69, 9.17) is 5.11 Å². The summed E-state index contributed by atoms with van der Waals surface area (Å²) in [7, 11) is 0. The first-order valence-corrected chi connectivity index (χ1v) is 8.05. The molecule has 0 spiro atoms. The molecule has 1 unspecified atom stereocenters. The molecule has 0 aromatic rings. The van der Waals surface area contributed by atoms with E-state index >= 15 is 0 Å². The summed E-state index contributed by atoms with van der Waals surface area (Å²) in [5.74, 6) is 1.71. The van der Waals surface area contributed by atoms with Crippen LogP contribution in [0.5, 0.6) is 0 Å². The molecule has 1 heterocycles. The molecule has 1 rings (SSSR count). The number of rotatable bonds is 6. The van der Waals surface area contributed by atoms with Gasteiger partial charge in [0, 0.05) is 11.8 Å². The van der Waals surface area contributed by atoms with Crippen LogP contribution in [0.4, 0.5) is 4.79 Å². The largest absolute Gasteiger partial charge is 0.480 e. The Kier molecular flexibility index (Phi) is 6.57. The molecule has 0 radical (unpaired) electrons. The smallest absolute Gasteiger partial charge is 0.326 e. The highest BCUT2D eigenvalue weighted by Gasteiger charge is 2.22. The Labute approximate surface area is 109 Å². The maximum absolute atomic E-state index is 11.6. The number of hydrogen-bond donors (Lipinski definition) is 3. The van der Waals surface area contributed by atoms with Gasteiger partial charge in [0.2, 0.25) is 0 Å². The lowest BCUT2D eigenvalue weighted by Crippen LogP contribution is -2.49. The number of urea groups is 1. The van der Waals surface area contributed by atoms with Gasteiger partial charge in [0.1, 0.15) is 6.04 Å². The van der Waals surface area contributed by atoms with Crippen molar-refractivity contribution < 1.29 is 14.7 Å². The van der Waals surface area contributed by atoms with Gasteiger partial charge >= 0.3 is 12.0 Å². The molecule has 1 aliphatic rings. The summed E-state index contributed by atoms with van der Waals surface area (Å²) >= 11 is 3.37. The maximum Gasteiger partial charge on any atom is 0.326 e. The van der Waals surface area contributed by atoms with Crippen LogP contribution in [0.1, 0.15) is 12.8 Å². The van der Waals surface area contributed by atoms with E-state index in [0.29, 0.717) is 6.42 Å². The summed E-state index contributed by atoms with van der Waals surface area (Å²) in [6.45, 7) is 0. The first kappa shape index (κ1) is 14.5. The zero-order chi connectivity index (χ0) is 12.7. The number of amides is 2. The zero-order valence-electron chi connectivity index (χ0n) is 9.77. The second-order valence-electron chi connectivity index (χ2n) is 3.85. The number of carbonyl (C=O) groups is 2. The molecular formula is C10H18N2O3S2. The van der Waals surface area contributed by atoms with Crippen LogP contribution < -0.4 is 10.6 Å². The molecule has 0 bridgehead atoms. The van der Waals surface area contributed by atoms with Crippen molar-refractivity contribution in [3.8, 4) is 0 Å². The molecule has 3 N–H and O–H groups in total. The molecule has 1 saturated heterocycles. The summed E-state index contributed by atoms with van der Waals surface area (Å²) in [4.78, 5) is 22.5. The predicted octanol–water partition coefficient (Wildman–Crippen LogP) is 0.997. The molecule has 1 aliphatic heterocycles. The van der Waals surface area contributed by atoms with Gasteiger partial charge in [0.15, 0.2) is 0 Å². The Morgan fingerprint density at radius 2 is 2.35 bits per heavy atom. The predicted molar refractivity (Wildman–Crippen MR) is 71.8 cm³/mol. The van der Waals surface area contributed by atoms with Gasteiger partial charge in [-0.3, -0.25) is 0 Å². The Balaban J connectivity index is 2.32. The third-order valence-corrected chi connectivity index (χ3v) is 4.29. The normalized spacial score (nSPS) is 20.9. The van der Waals surface area contributed by atoms with E-state index in [1.54, 1.807) is 23.5 Å². The molecule has 0 aromatic heterocycles. The van der Waals surface area contributed by atoms with Gasteiger partial charge in [-0.2, -0.15) is 23.5 Å². The molecule has 2 amide bonds. The van der Waals surface area contributed by atoms with Crippen LogP contribution in [0.3, 0.4) is 0 Å². The fourth-order valence-corrected chi connectivity index (χ4v) is 3.15. The lowest BCUT2D eigenvalue weighted by molar-refractivity contribution is -0.139. The second kappa shape index (κ2) is 7.71. The molecule has 98 valence electrons. The molecule has 0 aliphatic carbocycles. The van der Waals surface area contributed by atoms with Gasteiger partial charge in [-0.25, -0.2) is 9.59 Å². The highest BCUT2D eigenvalue weighted by atomic mass is 32.2. The zero-order valence-corrected chi connectivity index (χ0v) is 11.4. The van der Waals surface area contributed by atoms with Crippen LogP contribution in [0.25, 0.3) is 0 Å². The second-order valence-corrected chi connectivity index (χ2v) is 5.99. The van der Waals surface area contributed by atoms with Gasteiger partial charge in [0.05, 0.1) is 0 Å². The minimum absolute atomic E-state index is 0.176. The van der Waals surface area contributed by atoms with Crippen LogP contribution in [-0.2, 0) is 4.79 Å². The topological polar surface area (TPSA) is 78.4 Å². The number of thioether (sulfide) groups is 2. The standard InChI is InChI=1S/C10H18N2O3S2/c1-16-4-3-8(9(13)14)12-10(15)11-7-2-5-17-6-7/h7-8H,2-6H2,1H3,(H,13,14)(H2,11,12,15)/t7?,8-/m1/s1. The number of hydrogen-bond acceptors (Lipinski definition) is 4. The summed E-state index contributed by atoms with van der Waals surface area (Å²) in [6, 6.07) is -0.988. The van der Waals surface area contributed by atoms with Crippen LogP contribution in [0.15, 0.2) is 0 Å². The summed E-state index contributed by atoms with van der Waals surface area (Å²) in [5, 5.41) is 14.3. The molecule has 2 atom stereocenters. The fourth-order valence-electron chi connectivity index (χ4n) is 1.53. The van der Waals surface area contributed by atoms with Gasteiger partial charge < -0.3 is 15.7 Å². The van der Waals surface area contributed by atoms with Crippen molar-refractivity contribution in [3.63, 3.8) is 0 Å². The van der Waals surface area contributed by atoms with Crippen molar-refractivity contribution in [1.29, 1.82) is 0 Å². The van der Waals surface area contributed by atoms with Gasteiger partial charge in [-0.1, -0.05) is 0 Å². The van der Waals surface area contributed by atoms with E-state index in [9.17, 15) is 9.59 Å². The van der Waals surface area contributed by atoms with E-state index in [1.807, 2.05) is 6.26 Å². The van der Waals surface area contributed by atoms with Gasteiger partial charge in [-0.15, -0.1) is 0 Å². The molecule has 0 aromatic carbocycles. The van der Waals surface area contributed by atoms with Crippen LogP contribution in [0.2, 0.25) is 0 Å². The molecule has 7 heteroatoms. The monoisotopic (exact) mass is 278 g/mol. The molecule has 5 nitrogen and oxygen atoms in total. The number of aliphatic carboxylic acids is 1. The molecule has 0 saturated carbocycles.